The molecule has 0 atom stereocenters. The smallest absolute Gasteiger partial charge is 0.339 e. The van der Waals surface area contributed by atoms with E-state index in [0.29, 0.717) is 4.47 Å². The van der Waals surface area contributed by atoms with Gasteiger partial charge in [-0.05, 0) is 47.1 Å². The van der Waals surface area contributed by atoms with Gasteiger partial charge in [-0.1, -0.05) is 23.8 Å². The second-order valence-corrected chi connectivity index (χ2v) is 7.05. The van der Waals surface area contributed by atoms with Crippen LogP contribution < -0.4 is 4.72 Å². The molecule has 0 fully saturated rings. The second-order valence-electron chi connectivity index (χ2n) is 4.58. The number of sulfonamides is 1. The van der Waals surface area contributed by atoms with E-state index in [9.17, 15) is 13.2 Å². The molecule has 0 aliphatic carbocycles. The number of benzene rings is 2. The van der Waals surface area contributed by atoms with Gasteiger partial charge >= 0.3 is 5.97 Å². The molecule has 22 heavy (non-hydrogen) atoms. The van der Waals surface area contributed by atoms with Gasteiger partial charge in [0, 0.05) is 0 Å². The van der Waals surface area contributed by atoms with Crippen LogP contribution >= 0.6 is 15.9 Å². The molecule has 116 valence electrons. The molecule has 0 amide bonds. The molecule has 0 saturated carbocycles. The molecular formula is C15H14BrNO4S. The Morgan fingerprint density at radius 1 is 1.14 bits per heavy atom. The molecule has 2 aromatic carbocycles. The number of esters is 1. The molecule has 7 heteroatoms. The van der Waals surface area contributed by atoms with Crippen molar-refractivity contribution in [2.24, 2.45) is 0 Å². The number of hydrogen-bond acceptors (Lipinski definition) is 4. The van der Waals surface area contributed by atoms with Crippen molar-refractivity contribution in [1.82, 2.24) is 0 Å². The number of ether oxygens (including phenoxy) is 1. The zero-order valence-corrected chi connectivity index (χ0v) is 14.4. The first-order valence-electron chi connectivity index (χ1n) is 6.31. The highest BCUT2D eigenvalue weighted by atomic mass is 79.9. The number of methoxy groups -OCH3 is 1. The second kappa shape index (κ2) is 6.50. The monoisotopic (exact) mass is 383 g/mol. The van der Waals surface area contributed by atoms with E-state index in [1.165, 1.54) is 19.2 Å². The summed E-state index contributed by atoms with van der Waals surface area (Å²) in [6, 6.07) is 11.2. The maximum atomic E-state index is 12.4. The van der Waals surface area contributed by atoms with Crippen LogP contribution in [0.2, 0.25) is 0 Å². The van der Waals surface area contributed by atoms with Gasteiger partial charge in [0.1, 0.15) is 0 Å². The summed E-state index contributed by atoms with van der Waals surface area (Å²) >= 11 is 3.23. The fraction of sp³-hybridized carbons (Fsp3) is 0.133. The van der Waals surface area contributed by atoms with Crippen LogP contribution in [0.25, 0.3) is 0 Å². The first-order valence-corrected chi connectivity index (χ1v) is 8.59. The van der Waals surface area contributed by atoms with Crippen LogP contribution in [0.5, 0.6) is 0 Å². The van der Waals surface area contributed by atoms with E-state index in [1.807, 2.05) is 6.92 Å². The fourth-order valence-corrected chi connectivity index (χ4v) is 3.53. The molecule has 5 nitrogen and oxygen atoms in total. The van der Waals surface area contributed by atoms with Crippen molar-refractivity contribution < 1.29 is 17.9 Å². The first kappa shape index (κ1) is 16.5. The molecular weight excluding hydrogens is 370 g/mol. The molecule has 0 aliphatic rings. The lowest BCUT2D eigenvalue weighted by atomic mass is 10.2. The minimum atomic E-state index is -3.73. The van der Waals surface area contributed by atoms with Crippen molar-refractivity contribution in [3.05, 3.63) is 58.1 Å². The van der Waals surface area contributed by atoms with Gasteiger partial charge in [0.25, 0.3) is 10.0 Å². The van der Waals surface area contributed by atoms with Crippen LogP contribution in [0.3, 0.4) is 0 Å². The van der Waals surface area contributed by atoms with Crippen LogP contribution in [0, 0.1) is 6.92 Å². The number of hydrogen-bond donors (Lipinski definition) is 1. The summed E-state index contributed by atoms with van der Waals surface area (Å²) in [7, 11) is -2.47. The zero-order valence-electron chi connectivity index (χ0n) is 12.0. The van der Waals surface area contributed by atoms with E-state index in [1.54, 1.807) is 30.3 Å². The largest absolute Gasteiger partial charge is 0.465 e. The van der Waals surface area contributed by atoms with Crippen molar-refractivity contribution in [2.45, 2.75) is 11.8 Å². The van der Waals surface area contributed by atoms with E-state index in [2.05, 4.69) is 25.4 Å². The molecule has 0 spiro atoms. The standard InChI is InChI=1S/C15H14BrNO4S/c1-10-6-8-11(9-7-10)22(19,20)17-13-5-3-4-12(14(13)16)15(18)21-2/h3-9,17H,1-2H3. The average Bonchev–Trinajstić information content (AvgIpc) is 2.49. The van der Waals surface area contributed by atoms with E-state index in [0.717, 1.165) is 5.56 Å². The number of carbonyl (C=O) groups excluding carboxylic acids is 1. The SMILES string of the molecule is COC(=O)c1cccc(NS(=O)(=O)c2ccc(C)cc2)c1Br. The highest BCUT2D eigenvalue weighted by Crippen LogP contribution is 2.29. The third-order valence-corrected chi connectivity index (χ3v) is 5.22. The molecule has 2 rings (SSSR count). The molecule has 0 aliphatic heterocycles. The van der Waals surface area contributed by atoms with Crippen molar-refractivity contribution >= 4 is 37.6 Å². The summed E-state index contributed by atoms with van der Waals surface area (Å²) in [4.78, 5) is 11.8. The predicted octanol–water partition coefficient (Wildman–Crippen LogP) is 3.34. The highest BCUT2D eigenvalue weighted by Gasteiger charge is 2.18. The Kier molecular flexibility index (Phi) is 4.87. The number of halogens is 1. The van der Waals surface area contributed by atoms with Gasteiger partial charge in [-0.15, -0.1) is 0 Å². The van der Waals surface area contributed by atoms with Gasteiger partial charge in [-0.3, -0.25) is 4.72 Å². The van der Waals surface area contributed by atoms with Crippen LogP contribution in [-0.4, -0.2) is 21.5 Å². The van der Waals surface area contributed by atoms with Crippen molar-refractivity contribution in [1.29, 1.82) is 0 Å². The average molecular weight is 384 g/mol. The van der Waals surface area contributed by atoms with Gasteiger partial charge in [-0.25, -0.2) is 13.2 Å². The van der Waals surface area contributed by atoms with Gasteiger partial charge in [0.15, 0.2) is 0 Å². The topological polar surface area (TPSA) is 72.5 Å². The summed E-state index contributed by atoms with van der Waals surface area (Å²) in [5.74, 6) is -0.553. The Balaban J connectivity index is 2.38. The number of carbonyl (C=O) groups is 1. The number of nitrogens with one attached hydrogen (secondary N) is 1. The van der Waals surface area contributed by atoms with Crippen LogP contribution in [0.1, 0.15) is 15.9 Å². The van der Waals surface area contributed by atoms with Gasteiger partial charge in [0.05, 0.1) is 27.7 Å². The quantitative estimate of drug-likeness (QED) is 0.821. The molecule has 0 unspecified atom stereocenters. The molecule has 0 aromatic heterocycles. The molecule has 1 N–H and O–H groups in total. The Hall–Kier alpha value is -1.86. The minimum Gasteiger partial charge on any atom is -0.465 e. The summed E-state index contributed by atoms with van der Waals surface area (Å²) in [6.45, 7) is 1.88. The Bertz CT molecular complexity index is 801. The van der Waals surface area contributed by atoms with Crippen LogP contribution in [0.15, 0.2) is 51.8 Å². The predicted molar refractivity (Wildman–Crippen MR) is 87.5 cm³/mol. The Morgan fingerprint density at radius 3 is 2.36 bits per heavy atom. The number of rotatable bonds is 4. The molecule has 0 bridgehead atoms. The summed E-state index contributed by atoms with van der Waals surface area (Å²) in [5.41, 5.74) is 1.47. The Morgan fingerprint density at radius 2 is 1.77 bits per heavy atom. The van der Waals surface area contributed by atoms with Crippen molar-refractivity contribution in [3.63, 3.8) is 0 Å². The van der Waals surface area contributed by atoms with E-state index >= 15 is 0 Å². The Labute approximate surface area is 137 Å². The minimum absolute atomic E-state index is 0.147. The number of anilines is 1. The summed E-state index contributed by atoms with van der Waals surface area (Å²) in [6.07, 6.45) is 0. The van der Waals surface area contributed by atoms with Crippen molar-refractivity contribution in [2.75, 3.05) is 11.8 Å². The lowest BCUT2D eigenvalue weighted by Gasteiger charge is -2.12. The van der Waals surface area contributed by atoms with Gasteiger partial charge < -0.3 is 4.74 Å². The summed E-state index contributed by atoms with van der Waals surface area (Å²) < 4.78 is 32.2. The summed E-state index contributed by atoms with van der Waals surface area (Å²) in [5, 5.41) is 0. The third kappa shape index (κ3) is 3.48. The maximum Gasteiger partial charge on any atom is 0.339 e. The fourth-order valence-electron chi connectivity index (χ4n) is 1.80. The van der Waals surface area contributed by atoms with Gasteiger partial charge in [-0.2, -0.15) is 0 Å². The molecule has 0 heterocycles. The van der Waals surface area contributed by atoms with Crippen molar-refractivity contribution in [3.8, 4) is 0 Å². The molecule has 0 radical (unpaired) electrons. The van der Waals surface area contributed by atoms with Crippen LogP contribution in [-0.2, 0) is 14.8 Å². The molecule has 2 aromatic rings. The molecule has 0 saturated heterocycles. The lowest BCUT2D eigenvalue weighted by molar-refractivity contribution is 0.0599. The first-order chi connectivity index (χ1) is 10.3. The third-order valence-electron chi connectivity index (χ3n) is 2.98. The highest BCUT2D eigenvalue weighted by molar-refractivity contribution is 9.10. The number of aryl methyl sites for hydroxylation is 1. The zero-order chi connectivity index (χ0) is 16.3. The van der Waals surface area contributed by atoms with E-state index in [-0.39, 0.29) is 16.1 Å². The van der Waals surface area contributed by atoms with E-state index in [4.69, 9.17) is 0 Å². The van der Waals surface area contributed by atoms with E-state index < -0.39 is 16.0 Å². The lowest BCUT2D eigenvalue weighted by Crippen LogP contribution is -2.14. The maximum absolute atomic E-state index is 12.4. The van der Waals surface area contributed by atoms with Gasteiger partial charge in [0.2, 0.25) is 0 Å². The van der Waals surface area contributed by atoms with Crippen LogP contribution in [0.4, 0.5) is 5.69 Å². The normalized spacial score (nSPS) is 11.0.